The van der Waals surface area contributed by atoms with E-state index in [4.69, 9.17) is 4.42 Å². The number of likely N-dealkylation sites (tertiary alicyclic amines) is 1. The molecule has 1 aromatic rings. The van der Waals surface area contributed by atoms with Gasteiger partial charge in [-0.1, -0.05) is 19.3 Å². The molecule has 0 unspecified atom stereocenters. The van der Waals surface area contributed by atoms with E-state index in [1.165, 1.54) is 31.9 Å². The van der Waals surface area contributed by atoms with Crippen LogP contribution in [0.15, 0.2) is 22.8 Å². The number of nitrogens with zero attached hydrogens (tertiary/aromatic N) is 1. The third-order valence-corrected chi connectivity index (χ3v) is 4.79. The summed E-state index contributed by atoms with van der Waals surface area (Å²) >= 11 is 0. The van der Waals surface area contributed by atoms with Crippen molar-refractivity contribution < 1.29 is 14.0 Å². The molecule has 1 saturated heterocycles. The van der Waals surface area contributed by atoms with Gasteiger partial charge in [0.05, 0.1) is 12.8 Å². The van der Waals surface area contributed by atoms with Crippen molar-refractivity contribution >= 4 is 11.8 Å². The molecular weight excluding hydrogens is 268 g/mol. The standard InChI is InChI=1S/C16H22N2O3/c19-15(10-17-16(20)14-6-3-9-21-14)18-8-7-12-4-1-2-5-13(12)11-18/h3,6,9,12-13H,1-2,4-5,7-8,10-11H2,(H,17,20)/t12-,13+/m0/s1. The van der Waals surface area contributed by atoms with Crippen LogP contribution in [0.5, 0.6) is 0 Å². The number of amides is 2. The van der Waals surface area contributed by atoms with Crippen molar-refractivity contribution in [3.05, 3.63) is 24.2 Å². The van der Waals surface area contributed by atoms with Gasteiger partial charge in [-0.3, -0.25) is 9.59 Å². The van der Waals surface area contributed by atoms with Crippen molar-refractivity contribution in [2.45, 2.75) is 32.1 Å². The number of hydrogen-bond donors (Lipinski definition) is 1. The van der Waals surface area contributed by atoms with Gasteiger partial charge in [0.15, 0.2) is 5.76 Å². The summed E-state index contributed by atoms with van der Waals surface area (Å²) < 4.78 is 5.01. The van der Waals surface area contributed by atoms with Crippen LogP contribution in [0.4, 0.5) is 0 Å². The highest BCUT2D eigenvalue weighted by atomic mass is 16.3. The molecule has 1 N–H and O–H groups in total. The molecule has 0 radical (unpaired) electrons. The van der Waals surface area contributed by atoms with E-state index < -0.39 is 0 Å². The Morgan fingerprint density at radius 1 is 1.24 bits per heavy atom. The second-order valence-corrected chi connectivity index (χ2v) is 6.09. The Bertz CT molecular complexity index is 498. The maximum atomic E-state index is 12.2. The lowest BCUT2D eigenvalue weighted by Crippen LogP contribution is -2.48. The summed E-state index contributed by atoms with van der Waals surface area (Å²) in [6.45, 7) is 1.74. The number of rotatable bonds is 3. The molecule has 114 valence electrons. The smallest absolute Gasteiger partial charge is 0.287 e. The van der Waals surface area contributed by atoms with E-state index in [2.05, 4.69) is 5.32 Å². The minimum Gasteiger partial charge on any atom is -0.459 e. The fourth-order valence-corrected chi connectivity index (χ4v) is 3.59. The fourth-order valence-electron chi connectivity index (χ4n) is 3.59. The quantitative estimate of drug-likeness (QED) is 0.926. The maximum absolute atomic E-state index is 12.2. The first-order valence-electron chi connectivity index (χ1n) is 7.83. The van der Waals surface area contributed by atoms with Crippen LogP contribution in [0, 0.1) is 11.8 Å². The molecule has 2 heterocycles. The molecule has 0 bridgehead atoms. The molecule has 2 atom stereocenters. The summed E-state index contributed by atoms with van der Waals surface area (Å²) in [7, 11) is 0. The largest absolute Gasteiger partial charge is 0.459 e. The van der Waals surface area contributed by atoms with Crippen LogP contribution in [-0.4, -0.2) is 36.3 Å². The molecule has 1 aliphatic carbocycles. The Morgan fingerprint density at radius 3 is 2.81 bits per heavy atom. The Hall–Kier alpha value is -1.78. The van der Waals surface area contributed by atoms with Crippen molar-refractivity contribution in [3.63, 3.8) is 0 Å². The maximum Gasteiger partial charge on any atom is 0.287 e. The fraction of sp³-hybridized carbons (Fsp3) is 0.625. The van der Waals surface area contributed by atoms with E-state index in [0.29, 0.717) is 5.92 Å². The Balaban J connectivity index is 1.48. The zero-order valence-electron chi connectivity index (χ0n) is 12.2. The lowest BCUT2D eigenvalue weighted by molar-refractivity contribution is -0.133. The summed E-state index contributed by atoms with van der Waals surface area (Å²) in [5.74, 6) is 1.39. The molecule has 2 fully saturated rings. The molecule has 0 aromatic carbocycles. The molecule has 5 nitrogen and oxygen atoms in total. The molecule has 2 amide bonds. The molecular formula is C16H22N2O3. The predicted octanol–water partition coefficient (Wildman–Crippen LogP) is 2.05. The molecule has 21 heavy (non-hydrogen) atoms. The monoisotopic (exact) mass is 290 g/mol. The van der Waals surface area contributed by atoms with E-state index in [-0.39, 0.29) is 24.1 Å². The Morgan fingerprint density at radius 2 is 2.05 bits per heavy atom. The van der Waals surface area contributed by atoms with Crippen LogP contribution in [0.2, 0.25) is 0 Å². The number of fused-ring (bicyclic) bond motifs is 1. The van der Waals surface area contributed by atoms with E-state index in [9.17, 15) is 9.59 Å². The molecule has 1 aliphatic heterocycles. The highest BCUT2D eigenvalue weighted by Crippen LogP contribution is 2.35. The highest BCUT2D eigenvalue weighted by Gasteiger charge is 2.32. The number of nitrogens with one attached hydrogen (secondary N) is 1. The van der Waals surface area contributed by atoms with E-state index in [0.717, 1.165) is 25.4 Å². The lowest BCUT2D eigenvalue weighted by atomic mass is 9.75. The van der Waals surface area contributed by atoms with Crippen LogP contribution in [0.25, 0.3) is 0 Å². The van der Waals surface area contributed by atoms with Gasteiger partial charge < -0.3 is 14.6 Å². The summed E-state index contributed by atoms with van der Waals surface area (Å²) in [5.41, 5.74) is 0. The number of carbonyl (C=O) groups is 2. The van der Waals surface area contributed by atoms with Gasteiger partial charge in [0.2, 0.25) is 5.91 Å². The van der Waals surface area contributed by atoms with Gasteiger partial charge in [0.1, 0.15) is 0 Å². The first-order valence-corrected chi connectivity index (χ1v) is 7.83. The first kappa shape index (κ1) is 14.2. The van der Waals surface area contributed by atoms with E-state index in [1.54, 1.807) is 12.1 Å². The highest BCUT2D eigenvalue weighted by molar-refractivity contribution is 5.94. The van der Waals surface area contributed by atoms with Crippen molar-refractivity contribution in [2.75, 3.05) is 19.6 Å². The van der Waals surface area contributed by atoms with Crippen molar-refractivity contribution in [1.82, 2.24) is 10.2 Å². The van der Waals surface area contributed by atoms with Gasteiger partial charge in [-0.15, -0.1) is 0 Å². The number of carbonyl (C=O) groups excluding carboxylic acids is 2. The summed E-state index contributed by atoms with van der Waals surface area (Å²) in [6, 6.07) is 3.25. The third kappa shape index (κ3) is 3.28. The average molecular weight is 290 g/mol. The van der Waals surface area contributed by atoms with Gasteiger partial charge in [0, 0.05) is 13.1 Å². The minimum absolute atomic E-state index is 0.0129. The van der Waals surface area contributed by atoms with Gasteiger partial charge >= 0.3 is 0 Å². The summed E-state index contributed by atoms with van der Waals surface area (Å²) in [5, 5.41) is 2.63. The van der Waals surface area contributed by atoms with Crippen LogP contribution >= 0.6 is 0 Å². The van der Waals surface area contributed by atoms with Gasteiger partial charge in [-0.2, -0.15) is 0 Å². The molecule has 1 aromatic heterocycles. The second-order valence-electron chi connectivity index (χ2n) is 6.09. The van der Waals surface area contributed by atoms with Crippen molar-refractivity contribution in [2.24, 2.45) is 11.8 Å². The van der Waals surface area contributed by atoms with Crippen molar-refractivity contribution in [3.8, 4) is 0 Å². The zero-order valence-corrected chi connectivity index (χ0v) is 12.2. The van der Waals surface area contributed by atoms with Crippen LogP contribution < -0.4 is 5.32 Å². The SMILES string of the molecule is O=C(NCC(=O)N1CC[C@@H]2CCCC[C@@H]2C1)c1ccco1. The van der Waals surface area contributed by atoms with Gasteiger partial charge in [0.25, 0.3) is 5.91 Å². The molecule has 3 rings (SSSR count). The van der Waals surface area contributed by atoms with Crippen LogP contribution in [0.1, 0.15) is 42.7 Å². The zero-order chi connectivity index (χ0) is 14.7. The molecule has 2 aliphatic rings. The van der Waals surface area contributed by atoms with Crippen LogP contribution in [-0.2, 0) is 4.79 Å². The number of furan rings is 1. The van der Waals surface area contributed by atoms with Gasteiger partial charge in [-0.25, -0.2) is 0 Å². The molecule has 1 saturated carbocycles. The van der Waals surface area contributed by atoms with E-state index in [1.807, 2.05) is 4.90 Å². The average Bonchev–Trinajstić information content (AvgIpc) is 3.06. The lowest BCUT2D eigenvalue weighted by Gasteiger charge is -2.41. The molecule has 0 spiro atoms. The van der Waals surface area contributed by atoms with Gasteiger partial charge in [-0.05, 0) is 36.8 Å². The Kier molecular flexibility index (Phi) is 4.27. The topological polar surface area (TPSA) is 62.6 Å². The first-order chi connectivity index (χ1) is 10.2. The Labute approximate surface area is 124 Å². The van der Waals surface area contributed by atoms with Crippen LogP contribution in [0.3, 0.4) is 0 Å². The predicted molar refractivity (Wildman–Crippen MR) is 77.7 cm³/mol. The number of piperidine rings is 1. The molecule has 5 heteroatoms. The minimum atomic E-state index is -0.332. The summed E-state index contributed by atoms with van der Waals surface area (Å²) in [6.07, 6.45) is 7.76. The normalized spacial score (nSPS) is 25.2. The summed E-state index contributed by atoms with van der Waals surface area (Å²) in [4.78, 5) is 25.9. The van der Waals surface area contributed by atoms with E-state index >= 15 is 0 Å². The third-order valence-electron chi connectivity index (χ3n) is 4.79. The van der Waals surface area contributed by atoms with Crippen molar-refractivity contribution in [1.29, 1.82) is 0 Å². The second kappa shape index (κ2) is 6.33. The number of hydrogen-bond acceptors (Lipinski definition) is 3.